The maximum Gasteiger partial charge on any atom is 0.118 e. The molecular formula is C16H24N2O. The Bertz CT molecular complexity index is 399. The third-order valence-corrected chi connectivity index (χ3v) is 3.08. The Morgan fingerprint density at radius 3 is 2.16 bits per heavy atom. The summed E-state index contributed by atoms with van der Waals surface area (Å²) in [5, 5.41) is 0. The molecule has 0 amide bonds. The van der Waals surface area contributed by atoms with Crippen LogP contribution >= 0.6 is 0 Å². The number of hydrogen-bond donors (Lipinski definition) is 1. The molecule has 3 nitrogen and oxygen atoms in total. The van der Waals surface area contributed by atoms with Crippen LogP contribution in [0.2, 0.25) is 0 Å². The van der Waals surface area contributed by atoms with Crippen molar-refractivity contribution in [3.63, 3.8) is 0 Å². The summed E-state index contributed by atoms with van der Waals surface area (Å²) in [6.07, 6.45) is 3.77. The fourth-order valence-corrected chi connectivity index (χ4v) is 2.10. The molecule has 1 aromatic rings. The highest BCUT2D eigenvalue weighted by Gasteiger charge is 2.23. The van der Waals surface area contributed by atoms with Crippen LogP contribution in [-0.2, 0) is 5.54 Å². The number of benzene rings is 1. The molecule has 2 N–H and O–H groups in total. The van der Waals surface area contributed by atoms with Gasteiger partial charge in [-0.15, -0.1) is 13.2 Å². The van der Waals surface area contributed by atoms with Crippen molar-refractivity contribution in [2.45, 2.75) is 12.5 Å². The van der Waals surface area contributed by atoms with Gasteiger partial charge < -0.3 is 10.5 Å². The zero-order valence-electron chi connectivity index (χ0n) is 11.9. The summed E-state index contributed by atoms with van der Waals surface area (Å²) in [7, 11) is 1.66. The Labute approximate surface area is 116 Å². The van der Waals surface area contributed by atoms with Gasteiger partial charge in [-0.05, 0) is 24.6 Å². The standard InChI is InChI=1S/C16H24N2O/c1-5-11-18(12-6-2)13-16(3,17)14-7-9-15(19-4)10-8-14/h5-10H,1-2,11-13,17H2,3-4H3. The summed E-state index contributed by atoms with van der Waals surface area (Å²) in [5.74, 6) is 0.841. The molecule has 0 radical (unpaired) electrons. The third-order valence-electron chi connectivity index (χ3n) is 3.08. The highest BCUT2D eigenvalue weighted by Crippen LogP contribution is 2.22. The first-order valence-corrected chi connectivity index (χ1v) is 6.41. The molecular weight excluding hydrogens is 236 g/mol. The van der Waals surface area contributed by atoms with Crippen LogP contribution in [0.3, 0.4) is 0 Å². The van der Waals surface area contributed by atoms with E-state index in [4.69, 9.17) is 10.5 Å². The number of rotatable bonds is 8. The normalized spacial score (nSPS) is 13.9. The van der Waals surface area contributed by atoms with Gasteiger partial charge in [0, 0.05) is 19.6 Å². The quantitative estimate of drug-likeness (QED) is 0.730. The van der Waals surface area contributed by atoms with Gasteiger partial charge in [0.25, 0.3) is 0 Å². The van der Waals surface area contributed by atoms with Gasteiger partial charge in [0.1, 0.15) is 5.75 Å². The number of hydrogen-bond acceptors (Lipinski definition) is 3. The van der Waals surface area contributed by atoms with Crippen LogP contribution in [0.1, 0.15) is 12.5 Å². The first-order chi connectivity index (χ1) is 9.03. The monoisotopic (exact) mass is 260 g/mol. The van der Waals surface area contributed by atoms with Gasteiger partial charge in [0.15, 0.2) is 0 Å². The highest BCUT2D eigenvalue weighted by atomic mass is 16.5. The second-order valence-corrected chi connectivity index (χ2v) is 4.92. The van der Waals surface area contributed by atoms with E-state index in [0.29, 0.717) is 0 Å². The van der Waals surface area contributed by atoms with Gasteiger partial charge in [-0.2, -0.15) is 0 Å². The Balaban J connectivity index is 2.81. The number of ether oxygens (including phenoxy) is 1. The SMILES string of the molecule is C=CCN(CC=C)CC(C)(N)c1ccc(OC)cc1. The van der Waals surface area contributed by atoms with Crippen molar-refractivity contribution in [1.29, 1.82) is 0 Å². The van der Waals surface area contributed by atoms with Crippen molar-refractivity contribution in [2.75, 3.05) is 26.7 Å². The average molecular weight is 260 g/mol. The predicted molar refractivity (Wildman–Crippen MR) is 81.4 cm³/mol. The Hall–Kier alpha value is -1.58. The highest BCUT2D eigenvalue weighted by molar-refractivity contribution is 5.31. The largest absolute Gasteiger partial charge is 0.497 e. The molecule has 3 heteroatoms. The Morgan fingerprint density at radius 2 is 1.74 bits per heavy atom. The minimum Gasteiger partial charge on any atom is -0.497 e. The van der Waals surface area contributed by atoms with Crippen molar-refractivity contribution in [2.24, 2.45) is 5.73 Å². The van der Waals surface area contributed by atoms with E-state index in [-0.39, 0.29) is 0 Å². The number of nitrogens with two attached hydrogens (primary N) is 1. The fraction of sp³-hybridized carbons (Fsp3) is 0.375. The predicted octanol–water partition coefficient (Wildman–Crippen LogP) is 2.54. The summed E-state index contributed by atoms with van der Waals surface area (Å²) < 4.78 is 5.16. The van der Waals surface area contributed by atoms with Gasteiger partial charge in [-0.25, -0.2) is 0 Å². The van der Waals surface area contributed by atoms with Gasteiger partial charge in [-0.3, -0.25) is 4.90 Å². The second-order valence-electron chi connectivity index (χ2n) is 4.92. The molecule has 104 valence electrons. The first kappa shape index (κ1) is 15.5. The molecule has 0 aliphatic rings. The lowest BCUT2D eigenvalue weighted by Gasteiger charge is -2.32. The van der Waals surface area contributed by atoms with Crippen LogP contribution in [0.5, 0.6) is 5.75 Å². The molecule has 1 atom stereocenters. The Morgan fingerprint density at radius 1 is 1.21 bits per heavy atom. The first-order valence-electron chi connectivity index (χ1n) is 6.41. The molecule has 0 saturated heterocycles. The maximum absolute atomic E-state index is 6.44. The summed E-state index contributed by atoms with van der Waals surface area (Å²) in [5.41, 5.74) is 7.11. The molecule has 0 fully saturated rings. The van der Waals surface area contributed by atoms with Crippen LogP contribution in [0, 0.1) is 0 Å². The second kappa shape index (κ2) is 7.12. The van der Waals surface area contributed by atoms with Crippen LogP contribution in [-0.4, -0.2) is 31.6 Å². The van der Waals surface area contributed by atoms with Crippen LogP contribution in [0.15, 0.2) is 49.6 Å². The summed E-state index contributed by atoms with van der Waals surface area (Å²) in [6.45, 7) is 11.9. The molecule has 1 rings (SSSR count). The topological polar surface area (TPSA) is 38.5 Å². The van der Waals surface area contributed by atoms with Crippen molar-refractivity contribution >= 4 is 0 Å². The van der Waals surface area contributed by atoms with Crippen LogP contribution < -0.4 is 10.5 Å². The minimum absolute atomic E-state index is 0.418. The molecule has 0 aliphatic carbocycles. The molecule has 0 aromatic heterocycles. The number of nitrogens with zero attached hydrogens (tertiary/aromatic N) is 1. The molecule has 1 aromatic carbocycles. The Kier molecular flexibility index (Phi) is 5.80. The van der Waals surface area contributed by atoms with Crippen LogP contribution in [0.25, 0.3) is 0 Å². The third kappa shape index (κ3) is 4.54. The van der Waals surface area contributed by atoms with E-state index in [1.165, 1.54) is 0 Å². The molecule has 0 aliphatic heterocycles. The average Bonchev–Trinajstić information content (AvgIpc) is 2.39. The van der Waals surface area contributed by atoms with E-state index in [9.17, 15) is 0 Å². The lowest BCUT2D eigenvalue weighted by molar-refractivity contribution is 0.258. The molecule has 0 spiro atoms. The summed E-state index contributed by atoms with van der Waals surface area (Å²) in [4.78, 5) is 2.21. The van der Waals surface area contributed by atoms with E-state index in [1.807, 2.05) is 43.3 Å². The number of methoxy groups -OCH3 is 1. The maximum atomic E-state index is 6.44. The fourth-order valence-electron chi connectivity index (χ4n) is 2.10. The van der Waals surface area contributed by atoms with Crippen molar-refractivity contribution in [1.82, 2.24) is 4.90 Å². The smallest absolute Gasteiger partial charge is 0.118 e. The summed E-state index contributed by atoms with van der Waals surface area (Å²) in [6, 6.07) is 7.90. The molecule has 0 bridgehead atoms. The van der Waals surface area contributed by atoms with Gasteiger partial charge >= 0.3 is 0 Å². The molecule has 0 heterocycles. The molecule has 1 unspecified atom stereocenters. The van der Waals surface area contributed by atoms with Crippen LogP contribution in [0.4, 0.5) is 0 Å². The van der Waals surface area contributed by atoms with E-state index < -0.39 is 5.54 Å². The van der Waals surface area contributed by atoms with E-state index in [1.54, 1.807) is 7.11 Å². The lowest BCUT2D eigenvalue weighted by Crippen LogP contribution is -2.45. The minimum atomic E-state index is -0.418. The van der Waals surface area contributed by atoms with Crippen molar-refractivity contribution in [3.8, 4) is 5.75 Å². The van der Waals surface area contributed by atoms with E-state index >= 15 is 0 Å². The lowest BCUT2D eigenvalue weighted by atomic mass is 9.92. The van der Waals surface area contributed by atoms with Crippen molar-refractivity contribution < 1.29 is 4.74 Å². The summed E-state index contributed by atoms with van der Waals surface area (Å²) >= 11 is 0. The van der Waals surface area contributed by atoms with E-state index in [0.717, 1.165) is 30.9 Å². The zero-order chi connectivity index (χ0) is 14.3. The zero-order valence-corrected chi connectivity index (χ0v) is 11.9. The van der Waals surface area contributed by atoms with Gasteiger partial charge in [0.2, 0.25) is 0 Å². The molecule has 0 saturated carbocycles. The molecule has 19 heavy (non-hydrogen) atoms. The van der Waals surface area contributed by atoms with Crippen molar-refractivity contribution in [3.05, 3.63) is 55.1 Å². The van der Waals surface area contributed by atoms with E-state index in [2.05, 4.69) is 18.1 Å². The van der Waals surface area contributed by atoms with Gasteiger partial charge in [0.05, 0.1) is 12.6 Å². The van der Waals surface area contributed by atoms with Gasteiger partial charge in [-0.1, -0.05) is 24.3 Å².